The summed E-state index contributed by atoms with van der Waals surface area (Å²) in [5, 5.41) is 0. The molecule has 8 nitrogen and oxygen atoms in total. The molecule has 1 unspecified atom stereocenters. The molecule has 1 atom stereocenters. The van der Waals surface area contributed by atoms with Crippen molar-refractivity contribution >= 4 is 22.3 Å². The predicted octanol–water partition coefficient (Wildman–Crippen LogP) is 4.15. The summed E-state index contributed by atoms with van der Waals surface area (Å²) in [4.78, 5) is 12.8. The number of fused-ring (bicyclic) bond motifs is 1. The van der Waals surface area contributed by atoms with Crippen molar-refractivity contribution in [2.24, 2.45) is 0 Å². The monoisotopic (exact) mass is 467 g/mol. The van der Waals surface area contributed by atoms with Gasteiger partial charge in [-0.2, -0.15) is 0 Å². The molecule has 0 radical (unpaired) electrons. The third-order valence-electron chi connectivity index (χ3n) is 5.15. The zero-order chi connectivity index (χ0) is 23.4. The molecule has 9 heteroatoms. The zero-order valence-corrected chi connectivity index (χ0v) is 19.7. The number of hydrogen-bond donors (Lipinski definition) is 1. The second-order valence-corrected chi connectivity index (χ2v) is 8.73. The first-order chi connectivity index (χ1) is 16.0. The number of methoxy groups -OCH3 is 3. The predicted molar refractivity (Wildman–Crippen MR) is 127 cm³/mol. The van der Waals surface area contributed by atoms with E-state index in [4.69, 9.17) is 18.9 Å². The number of rotatable bonds is 9. The summed E-state index contributed by atoms with van der Waals surface area (Å²) in [5.74, 6) is 3.32. The van der Waals surface area contributed by atoms with Gasteiger partial charge < -0.3 is 28.5 Å². The molecular formula is C24H25N3O5S. The molecule has 4 rings (SSSR count). The number of nitrogens with zero attached hydrogens (tertiary/aromatic N) is 2. The Morgan fingerprint density at radius 1 is 0.970 bits per heavy atom. The van der Waals surface area contributed by atoms with E-state index in [9.17, 15) is 4.55 Å². The first-order valence-corrected chi connectivity index (χ1v) is 11.6. The van der Waals surface area contributed by atoms with Crippen LogP contribution >= 0.6 is 0 Å². The molecule has 172 valence electrons. The molecule has 4 aromatic rings. The summed E-state index contributed by atoms with van der Waals surface area (Å²) < 4.78 is 35.1. The number of aromatic nitrogens is 3. The lowest BCUT2D eigenvalue weighted by molar-refractivity contribution is 0.337. The second kappa shape index (κ2) is 10.0. The van der Waals surface area contributed by atoms with Crippen molar-refractivity contribution in [2.75, 3.05) is 33.7 Å². The van der Waals surface area contributed by atoms with Crippen LogP contribution in [0.1, 0.15) is 5.56 Å². The number of aryl methyl sites for hydroxylation is 1. The van der Waals surface area contributed by atoms with Crippen molar-refractivity contribution in [3.05, 3.63) is 54.2 Å². The van der Waals surface area contributed by atoms with Crippen molar-refractivity contribution in [1.29, 1.82) is 0 Å². The Hall–Kier alpha value is -3.43. The van der Waals surface area contributed by atoms with Crippen LogP contribution in [0.4, 0.5) is 0 Å². The maximum atomic E-state index is 13.0. The first-order valence-electron chi connectivity index (χ1n) is 10.3. The minimum absolute atomic E-state index is 0.235. The van der Waals surface area contributed by atoms with Gasteiger partial charge in [-0.1, -0.05) is 0 Å². The van der Waals surface area contributed by atoms with Crippen molar-refractivity contribution in [1.82, 2.24) is 15.0 Å². The fourth-order valence-electron chi connectivity index (χ4n) is 3.46. The Balaban J connectivity index is 1.53. The highest BCUT2D eigenvalue weighted by Gasteiger charge is 2.20. The van der Waals surface area contributed by atoms with Gasteiger partial charge in [0.15, 0.2) is 22.0 Å². The highest BCUT2D eigenvalue weighted by atomic mass is 32.2. The molecular weight excluding hydrogens is 442 g/mol. The molecule has 0 aliphatic rings. The van der Waals surface area contributed by atoms with E-state index >= 15 is 0 Å². The Kier molecular flexibility index (Phi) is 6.90. The van der Waals surface area contributed by atoms with Gasteiger partial charge in [0.2, 0.25) is 0 Å². The Labute approximate surface area is 195 Å². The summed E-state index contributed by atoms with van der Waals surface area (Å²) in [5.41, 5.74) is 3.09. The van der Waals surface area contributed by atoms with Crippen LogP contribution in [0.3, 0.4) is 0 Å². The van der Waals surface area contributed by atoms with Crippen molar-refractivity contribution < 1.29 is 23.5 Å². The van der Waals surface area contributed by atoms with Gasteiger partial charge in [-0.15, -0.1) is 0 Å². The molecule has 0 fully saturated rings. The Bertz CT molecular complexity index is 1230. The highest BCUT2D eigenvalue weighted by Crippen LogP contribution is 2.34. The van der Waals surface area contributed by atoms with Crippen LogP contribution in [0, 0.1) is 6.92 Å². The summed E-state index contributed by atoms with van der Waals surface area (Å²) >= 11 is -1.29. The number of benzene rings is 2. The fraction of sp³-hybridized carbons (Fsp3) is 0.250. The van der Waals surface area contributed by atoms with Gasteiger partial charge in [0.25, 0.3) is 0 Å². The molecule has 0 bridgehead atoms. The molecule has 0 spiro atoms. The maximum Gasteiger partial charge on any atom is 0.178 e. The lowest BCUT2D eigenvalue weighted by Gasteiger charge is -2.17. The smallest absolute Gasteiger partial charge is 0.178 e. The zero-order valence-electron chi connectivity index (χ0n) is 18.9. The average molecular weight is 468 g/mol. The molecule has 0 aliphatic carbocycles. The third-order valence-corrected chi connectivity index (χ3v) is 6.62. The van der Waals surface area contributed by atoms with Crippen LogP contribution in [-0.2, 0) is 11.2 Å². The van der Waals surface area contributed by atoms with Gasteiger partial charge >= 0.3 is 0 Å². The molecule has 0 aliphatic heterocycles. The molecule has 2 aromatic carbocycles. The van der Waals surface area contributed by atoms with Gasteiger partial charge in [0.05, 0.1) is 32.4 Å². The third kappa shape index (κ3) is 4.84. The van der Waals surface area contributed by atoms with Gasteiger partial charge in [0, 0.05) is 23.9 Å². The number of H-pyrrole nitrogens is 1. The topological polar surface area (TPSA) is 102 Å². The summed E-state index contributed by atoms with van der Waals surface area (Å²) in [6.45, 7) is 2.13. The van der Waals surface area contributed by atoms with Crippen molar-refractivity contribution in [3.8, 4) is 34.4 Å². The van der Waals surface area contributed by atoms with Crippen molar-refractivity contribution in [2.45, 2.75) is 11.8 Å². The van der Waals surface area contributed by atoms with Gasteiger partial charge in [-0.25, -0.2) is 9.97 Å². The molecule has 1 N–H and O–H groups in total. The Morgan fingerprint density at radius 2 is 1.76 bits per heavy atom. The van der Waals surface area contributed by atoms with E-state index < -0.39 is 11.2 Å². The standard InChI is InChI=1S/C24H25N3O5S/c1-15-12-20(30-3)21(31-4)14-22(15)33(28)11-10-32-19-13-16(29-2)7-8-17(19)23-26-18-6-5-9-25-24(18)27-23/h5-9,12-14H,10-11H2,1-4H3,(H,25,26,27). The fourth-order valence-corrected chi connectivity index (χ4v) is 4.57. The number of hydrogen-bond acceptors (Lipinski definition) is 7. The summed E-state index contributed by atoms with van der Waals surface area (Å²) in [6, 6.07) is 12.8. The minimum Gasteiger partial charge on any atom is -0.611 e. The second-order valence-electron chi connectivity index (χ2n) is 7.19. The average Bonchev–Trinajstić information content (AvgIpc) is 3.27. The van der Waals surface area contributed by atoms with E-state index in [1.165, 1.54) is 0 Å². The van der Waals surface area contributed by atoms with Crippen molar-refractivity contribution in [3.63, 3.8) is 0 Å². The van der Waals surface area contributed by atoms with E-state index in [1.54, 1.807) is 39.7 Å². The Morgan fingerprint density at radius 3 is 2.48 bits per heavy atom. The van der Waals surface area contributed by atoms with E-state index in [-0.39, 0.29) is 6.61 Å². The lowest BCUT2D eigenvalue weighted by atomic mass is 10.2. The number of imidazole rings is 1. The first kappa shape index (κ1) is 22.8. The number of ether oxygens (including phenoxy) is 4. The number of pyridine rings is 1. The van der Waals surface area contributed by atoms with Crippen LogP contribution in [-0.4, -0.2) is 53.2 Å². The molecule has 33 heavy (non-hydrogen) atoms. The highest BCUT2D eigenvalue weighted by molar-refractivity contribution is 7.91. The molecule has 0 saturated carbocycles. The summed E-state index contributed by atoms with van der Waals surface area (Å²) in [7, 11) is 4.73. The SMILES string of the molecule is COc1ccc(-c2nc3ncccc3[nH]2)c(OCC[S+]([O-])c2cc(OC)c(OC)cc2C)c1. The number of aromatic amines is 1. The van der Waals surface area contributed by atoms with E-state index in [1.807, 2.05) is 37.3 Å². The van der Waals surface area contributed by atoms with Gasteiger partial charge in [-0.05, 0) is 48.4 Å². The van der Waals surface area contributed by atoms with E-state index in [0.717, 1.165) is 16.6 Å². The maximum absolute atomic E-state index is 13.0. The van der Waals surface area contributed by atoms with Crippen LogP contribution in [0.5, 0.6) is 23.0 Å². The largest absolute Gasteiger partial charge is 0.611 e. The number of nitrogens with one attached hydrogen (secondary N) is 1. The molecule has 0 saturated heterocycles. The van der Waals surface area contributed by atoms with Gasteiger partial charge in [0.1, 0.15) is 29.7 Å². The van der Waals surface area contributed by atoms with Crippen LogP contribution in [0.2, 0.25) is 0 Å². The van der Waals surface area contributed by atoms with Crippen LogP contribution in [0.15, 0.2) is 53.6 Å². The van der Waals surface area contributed by atoms with E-state index in [2.05, 4.69) is 15.0 Å². The summed E-state index contributed by atoms with van der Waals surface area (Å²) in [6.07, 6.45) is 1.70. The lowest BCUT2D eigenvalue weighted by Crippen LogP contribution is -2.16. The molecule has 2 heterocycles. The molecule has 2 aromatic heterocycles. The normalized spacial score (nSPS) is 11.9. The quantitative estimate of drug-likeness (QED) is 0.369. The van der Waals surface area contributed by atoms with Crippen LogP contribution < -0.4 is 18.9 Å². The van der Waals surface area contributed by atoms with Crippen LogP contribution in [0.25, 0.3) is 22.6 Å². The molecule has 0 amide bonds. The van der Waals surface area contributed by atoms with E-state index in [0.29, 0.717) is 45.1 Å². The minimum atomic E-state index is -1.29. The van der Waals surface area contributed by atoms with Gasteiger partial charge in [-0.3, -0.25) is 0 Å².